The van der Waals surface area contributed by atoms with Crippen LogP contribution in [0.5, 0.6) is 0 Å². The Morgan fingerprint density at radius 1 is 1.33 bits per heavy atom. The maximum Gasteiger partial charge on any atom is 0.306 e. The average molecular weight is 376 g/mol. The highest BCUT2D eigenvalue weighted by Gasteiger charge is 2.20. The van der Waals surface area contributed by atoms with Crippen LogP contribution in [0.4, 0.5) is 0 Å². The van der Waals surface area contributed by atoms with Gasteiger partial charge in [-0.05, 0) is 30.9 Å². The summed E-state index contributed by atoms with van der Waals surface area (Å²) in [6, 6.07) is 3.00. The van der Waals surface area contributed by atoms with Crippen molar-refractivity contribution >= 4 is 27.4 Å². The Labute approximate surface area is 149 Å². The topological polar surface area (TPSA) is 73.3 Å². The van der Waals surface area contributed by atoms with Gasteiger partial charge < -0.3 is 4.74 Å². The fourth-order valence-electron chi connectivity index (χ4n) is 2.16. The van der Waals surface area contributed by atoms with Gasteiger partial charge in [0.05, 0.1) is 18.8 Å². The van der Waals surface area contributed by atoms with Gasteiger partial charge >= 0.3 is 5.97 Å². The number of unbranched alkanes of at least 4 members (excludes halogenated alkanes) is 1. The standard InChI is InChI=1S/C17H26ClNO4S/c1-4-6-7-14(5-2)12-23-16(20)10-11-24(21,22)15-9-8-13(3)17(18)19-15/h8-9,14H,4-7,10-12H2,1-3H3. The zero-order valence-electron chi connectivity index (χ0n) is 14.5. The van der Waals surface area contributed by atoms with Crippen LogP contribution in [0, 0.1) is 12.8 Å². The molecule has 0 aliphatic heterocycles. The molecular formula is C17H26ClNO4S. The van der Waals surface area contributed by atoms with E-state index in [-0.39, 0.29) is 22.4 Å². The molecule has 1 unspecified atom stereocenters. The third-order valence-corrected chi connectivity index (χ3v) is 5.92. The highest BCUT2D eigenvalue weighted by Crippen LogP contribution is 2.17. The number of sulfone groups is 1. The average Bonchev–Trinajstić information content (AvgIpc) is 2.55. The van der Waals surface area contributed by atoms with Crippen LogP contribution in [0.3, 0.4) is 0 Å². The lowest BCUT2D eigenvalue weighted by Crippen LogP contribution is -2.18. The fourth-order valence-corrected chi connectivity index (χ4v) is 3.52. The lowest BCUT2D eigenvalue weighted by Gasteiger charge is -2.14. The first-order valence-electron chi connectivity index (χ1n) is 8.31. The third kappa shape index (κ3) is 6.77. The van der Waals surface area contributed by atoms with Crippen molar-refractivity contribution in [2.45, 2.75) is 57.9 Å². The molecule has 1 rings (SSSR count). The molecule has 0 saturated heterocycles. The van der Waals surface area contributed by atoms with Crippen LogP contribution >= 0.6 is 11.6 Å². The first kappa shape index (κ1) is 20.9. The van der Waals surface area contributed by atoms with Crippen molar-refractivity contribution in [3.63, 3.8) is 0 Å². The van der Waals surface area contributed by atoms with Gasteiger partial charge in [0.2, 0.25) is 0 Å². The van der Waals surface area contributed by atoms with E-state index in [1.807, 2.05) is 0 Å². The summed E-state index contributed by atoms with van der Waals surface area (Å²) in [6.07, 6.45) is 3.99. The van der Waals surface area contributed by atoms with Crippen molar-refractivity contribution in [1.29, 1.82) is 0 Å². The maximum absolute atomic E-state index is 12.2. The molecule has 24 heavy (non-hydrogen) atoms. The van der Waals surface area contributed by atoms with E-state index < -0.39 is 15.8 Å². The van der Waals surface area contributed by atoms with Crippen molar-refractivity contribution in [3.8, 4) is 0 Å². The predicted octanol–water partition coefficient (Wildman–Crippen LogP) is 3.97. The number of rotatable bonds is 10. The van der Waals surface area contributed by atoms with Crippen LogP contribution in [0.25, 0.3) is 0 Å². The molecule has 0 radical (unpaired) electrons. The number of esters is 1. The number of ether oxygens (including phenoxy) is 1. The van der Waals surface area contributed by atoms with Crippen molar-refractivity contribution in [3.05, 3.63) is 22.8 Å². The second-order valence-electron chi connectivity index (χ2n) is 5.93. The lowest BCUT2D eigenvalue weighted by atomic mass is 10.0. The minimum atomic E-state index is -3.65. The molecular weight excluding hydrogens is 350 g/mol. The number of halogens is 1. The molecule has 5 nitrogen and oxygen atoms in total. The van der Waals surface area contributed by atoms with E-state index in [1.54, 1.807) is 13.0 Å². The maximum atomic E-state index is 12.2. The Morgan fingerprint density at radius 3 is 2.62 bits per heavy atom. The number of carbonyl (C=O) groups excluding carboxylic acids is 1. The fraction of sp³-hybridized carbons (Fsp3) is 0.647. The van der Waals surface area contributed by atoms with Gasteiger partial charge in [-0.15, -0.1) is 0 Å². The monoisotopic (exact) mass is 375 g/mol. The lowest BCUT2D eigenvalue weighted by molar-refractivity contribution is -0.144. The quantitative estimate of drug-likeness (QED) is 0.457. The van der Waals surface area contributed by atoms with E-state index in [0.29, 0.717) is 18.1 Å². The number of hydrogen-bond donors (Lipinski definition) is 0. The minimum Gasteiger partial charge on any atom is -0.465 e. The minimum absolute atomic E-state index is 0.111. The molecule has 1 aromatic heterocycles. The second kappa shape index (κ2) is 9.99. The summed E-state index contributed by atoms with van der Waals surface area (Å²) in [6.45, 7) is 6.27. The van der Waals surface area contributed by atoms with E-state index in [4.69, 9.17) is 16.3 Å². The SMILES string of the molecule is CCCCC(CC)COC(=O)CCS(=O)(=O)c1ccc(C)c(Cl)n1. The van der Waals surface area contributed by atoms with Gasteiger partial charge in [-0.1, -0.05) is 50.8 Å². The summed E-state index contributed by atoms with van der Waals surface area (Å²) < 4.78 is 29.6. The zero-order chi connectivity index (χ0) is 18.2. The Morgan fingerprint density at radius 2 is 2.04 bits per heavy atom. The first-order chi connectivity index (χ1) is 11.3. The second-order valence-corrected chi connectivity index (χ2v) is 8.34. The molecule has 0 saturated carbocycles. The normalized spacial score (nSPS) is 12.8. The summed E-state index contributed by atoms with van der Waals surface area (Å²) in [4.78, 5) is 15.7. The number of nitrogens with zero attached hydrogens (tertiary/aromatic N) is 1. The van der Waals surface area contributed by atoms with Gasteiger partial charge in [0.25, 0.3) is 0 Å². The number of carbonyl (C=O) groups is 1. The highest BCUT2D eigenvalue weighted by atomic mass is 35.5. The van der Waals surface area contributed by atoms with E-state index in [2.05, 4.69) is 18.8 Å². The molecule has 0 aliphatic carbocycles. The Bertz CT molecular complexity index is 646. The van der Waals surface area contributed by atoms with Crippen molar-refractivity contribution in [1.82, 2.24) is 4.98 Å². The van der Waals surface area contributed by atoms with E-state index >= 15 is 0 Å². The summed E-state index contributed by atoms with van der Waals surface area (Å²) in [5.41, 5.74) is 0.702. The van der Waals surface area contributed by atoms with Gasteiger partial charge in [0, 0.05) is 0 Å². The predicted molar refractivity (Wildman–Crippen MR) is 94.9 cm³/mol. The summed E-state index contributed by atoms with van der Waals surface area (Å²) >= 11 is 5.86. The van der Waals surface area contributed by atoms with Gasteiger partial charge in [0.1, 0.15) is 5.15 Å². The van der Waals surface area contributed by atoms with Crippen LogP contribution in [-0.2, 0) is 19.4 Å². The Kier molecular flexibility index (Phi) is 8.70. The molecule has 0 N–H and O–H groups in total. The summed E-state index contributed by atoms with van der Waals surface area (Å²) in [7, 11) is -3.65. The molecule has 0 amide bonds. The molecule has 0 fully saturated rings. The van der Waals surface area contributed by atoms with Crippen molar-refractivity contribution in [2.75, 3.05) is 12.4 Å². The Balaban J connectivity index is 2.51. The molecule has 0 aliphatic rings. The number of aromatic nitrogens is 1. The Hall–Kier alpha value is -1.14. The number of hydrogen-bond acceptors (Lipinski definition) is 5. The summed E-state index contributed by atoms with van der Waals surface area (Å²) in [5.74, 6) is -0.487. The molecule has 7 heteroatoms. The van der Waals surface area contributed by atoms with Crippen molar-refractivity contribution < 1.29 is 17.9 Å². The van der Waals surface area contributed by atoms with Gasteiger partial charge in [-0.25, -0.2) is 13.4 Å². The van der Waals surface area contributed by atoms with Crippen LogP contribution in [0.2, 0.25) is 5.15 Å². The van der Waals surface area contributed by atoms with E-state index in [1.165, 1.54) is 6.07 Å². The molecule has 0 bridgehead atoms. The molecule has 136 valence electrons. The largest absolute Gasteiger partial charge is 0.465 e. The van der Waals surface area contributed by atoms with Gasteiger partial charge in [-0.3, -0.25) is 4.79 Å². The van der Waals surface area contributed by atoms with Crippen LogP contribution in [0.1, 0.15) is 51.5 Å². The van der Waals surface area contributed by atoms with Crippen LogP contribution < -0.4 is 0 Å². The molecule has 1 aromatic rings. The highest BCUT2D eigenvalue weighted by molar-refractivity contribution is 7.91. The molecule has 1 atom stereocenters. The van der Waals surface area contributed by atoms with Crippen LogP contribution in [0.15, 0.2) is 17.2 Å². The van der Waals surface area contributed by atoms with Gasteiger partial charge in [-0.2, -0.15) is 0 Å². The summed E-state index contributed by atoms with van der Waals surface area (Å²) in [5, 5.41) is 0.0423. The van der Waals surface area contributed by atoms with Crippen LogP contribution in [-0.4, -0.2) is 31.7 Å². The van der Waals surface area contributed by atoms with Gasteiger partial charge in [0.15, 0.2) is 14.9 Å². The van der Waals surface area contributed by atoms with Crippen molar-refractivity contribution in [2.24, 2.45) is 5.92 Å². The number of pyridine rings is 1. The molecule has 0 spiro atoms. The third-order valence-electron chi connectivity index (χ3n) is 3.93. The smallest absolute Gasteiger partial charge is 0.306 e. The molecule has 0 aromatic carbocycles. The zero-order valence-corrected chi connectivity index (χ0v) is 16.1. The van der Waals surface area contributed by atoms with E-state index in [0.717, 1.165) is 25.7 Å². The van der Waals surface area contributed by atoms with E-state index in [9.17, 15) is 13.2 Å². The first-order valence-corrected chi connectivity index (χ1v) is 10.3. The number of aryl methyl sites for hydroxylation is 1. The molecule has 1 heterocycles.